The molecular formula is C13H10O3S. The molecule has 0 amide bonds. The Morgan fingerprint density at radius 3 is 2.76 bits per heavy atom. The Labute approximate surface area is 102 Å². The Bertz CT molecular complexity index is 556. The van der Waals surface area contributed by atoms with E-state index in [0.717, 1.165) is 5.56 Å². The molecule has 0 saturated heterocycles. The van der Waals surface area contributed by atoms with Crippen LogP contribution in [0.1, 0.15) is 15.9 Å². The highest BCUT2D eigenvalue weighted by Gasteiger charge is 2.08. The number of phenolic OH excluding ortho intramolecular Hbond substituents is 2. The topological polar surface area (TPSA) is 57.5 Å². The lowest BCUT2D eigenvalue weighted by Crippen LogP contribution is -1.94. The lowest BCUT2D eigenvalue weighted by atomic mass is 10.1. The maximum atomic E-state index is 11.8. The molecule has 86 valence electrons. The van der Waals surface area contributed by atoms with Gasteiger partial charge in [-0.2, -0.15) is 11.3 Å². The zero-order valence-electron chi connectivity index (χ0n) is 8.83. The number of hydrogen-bond donors (Lipinski definition) is 2. The van der Waals surface area contributed by atoms with E-state index >= 15 is 0 Å². The molecule has 0 aliphatic rings. The van der Waals surface area contributed by atoms with Crippen LogP contribution in [0.4, 0.5) is 0 Å². The Kier molecular flexibility index (Phi) is 3.25. The lowest BCUT2D eigenvalue weighted by molar-refractivity contribution is 0.104. The maximum Gasteiger partial charge on any atom is 0.189 e. The lowest BCUT2D eigenvalue weighted by Gasteiger charge is -2.00. The molecule has 0 unspecified atom stereocenters. The summed E-state index contributed by atoms with van der Waals surface area (Å²) in [5.41, 5.74) is 1.03. The van der Waals surface area contributed by atoms with Gasteiger partial charge in [0, 0.05) is 0 Å². The van der Waals surface area contributed by atoms with Gasteiger partial charge < -0.3 is 10.2 Å². The molecule has 0 fully saturated rings. The van der Waals surface area contributed by atoms with Crippen LogP contribution in [0.15, 0.2) is 41.1 Å². The highest BCUT2D eigenvalue weighted by Crippen LogP contribution is 2.23. The van der Waals surface area contributed by atoms with E-state index in [0.29, 0.717) is 0 Å². The molecule has 0 saturated carbocycles. The number of thiophene rings is 1. The maximum absolute atomic E-state index is 11.8. The van der Waals surface area contributed by atoms with Crippen LogP contribution in [-0.4, -0.2) is 16.0 Å². The molecule has 1 aromatic carbocycles. The SMILES string of the molecule is O=C(C=Cc1ccsc1)c1cc(O)ccc1O. The molecule has 1 aromatic heterocycles. The third-order valence-electron chi connectivity index (χ3n) is 2.22. The van der Waals surface area contributed by atoms with Crippen molar-refractivity contribution in [1.29, 1.82) is 0 Å². The quantitative estimate of drug-likeness (QED) is 0.497. The summed E-state index contributed by atoms with van der Waals surface area (Å²) in [7, 11) is 0. The fraction of sp³-hybridized carbons (Fsp3) is 0. The standard InChI is InChI=1S/C13H10O3S/c14-10-2-4-13(16)11(7-10)12(15)3-1-9-5-6-17-8-9/h1-8,14,16H. The summed E-state index contributed by atoms with van der Waals surface area (Å²) in [5, 5.41) is 22.6. The molecule has 0 aliphatic carbocycles. The van der Waals surface area contributed by atoms with Crippen LogP contribution in [0.5, 0.6) is 11.5 Å². The normalized spacial score (nSPS) is 10.8. The second kappa shape index (κ2) is 4.84. The average molecular weight is 246 g/mol. The van der Waals surface area contributed by atoms with Gasteiger partial charge in [-0.1, -0.05) is 6.08 Å². The first-order valence-electron chi connectivity index (χ1n) is 4.93. The van der Waals surface area contributed by atoms with Crippen LogP contribution in [0, 0.1) is 0 Å². The van der Waals surface area contributed by atoms with Crippen LogP contribution in [0.25, 0.3) is 6.08 Å². The summed E-state index contributed by atoms with van der Waals surface area (Å²) in [6, 6.07) is 5.75. The van der Waals surface area contributed by atoms with Gasteiger partial charge in [-0.25, -0.2) is 0 Å². The van der Waals surface area contributed by atoms with Gasteiger partial charge >= 0.3 is 0 Å². The largest absolute Gasteiger partial charge is 0.508 e. The number of ketones is 1. The van der Waals surface area contributed by atoms with E-state index < -0.39 is 0 Å². The van der Waals surface area contributed by atoms with Crippen molar-refractivity contribution < 1.29 is 15.0 Å². The minimum atomic E-state index is -0.343. The zero-order valence-corrected chi connectivity index (χ0v) is 9.65. The van der Waals surface area contributed by atoms with Crippen molar-refractivity contribution in [2.45, 2.75) is 0 Å². The first-order valence-corrected chi connectivity index (χ1v) is 5.87. The average Bonchev–Trinajstić information content (AvgIpc) is 2.82. The third-order valence-corrected chi connectivity index (χ3v) is 2.92. The van der Waals surface area contributed by atoms with Gasteiger partial charge in [0.1, 0.15) is 11.5 Å². The van der Waals surface area contributed by atoms with E-state index in [4.69, 9.17) is 0 Å². The fourth-order valence-corrected chi connectivity index (χ4v) is 1.98. The number of hydrogen-bond acceptors (Lipinski definition) is 4. The summed E-state index contributed by atoms with van der Waals surface area (Å²) in [6.07, 6.45) is 3.04. The summed E-state index contributed by atoms with van der Waals surface area (Å²) in [5.74, 6) is -0.526. The van der Waals surface area contributed by atoms with Crippen LogP contribution in [0.3, 0.4) is 0 Å². The molecule has 2 rings (SSSR count). The van der Waals surface area contributed by atoms with Crippen molar-refractivity contribution in [3.63, 3.8) is 0 Å². The van der Waals surface area contributed by atoms with Gasteiger partial charge in [-0.15, -0.1) is 0 Å². The molecule has 0 atom stereocenters. The van der Waals surface area contributed by atoms with Crippen molar-refractivity contribution in [2.24, 2.45) is 0 Å². The second-order valence-electron chi connectivity index (χ2n) is 3.46. The Hall–Kier alpha value is -2.07. The fourth-order valence-electron chi connectivity index (χ4n) is 1.35. The Morgan fingerprint density at radius 2 is 2.06 bits per heavy atom. The molecule has 2 aromatic rings. The molecule has 0 radical (unpaired) electrons. The molecular weight excluding hydrogens is 236 g/mol. The van der Waals surface area contributed by atoms with Crippen molar-refractivity contribution in [1.82, 2.24) is 0 Å². The highest BCUT2D eigenvalue weighted by atomic mass is 32.1. The smallest absolute Gasteiger partial charge is 0.189 e. The van der Waals surface area contributed by atoms with Crippen molar-refractivity contribution in [2.75, 3.05) is 0 Å². The third kappa shape index (κ3) is 2.73. The van der Waals surface area contributed by atoms with Gasteiger partial charge in [0.2, 0.25) is 0 Å². The number of carbonyl (C=O) groups excluding carboxylic acids is 1. The van der Waals surface area contributed by atoms with Gasteiger partial charge in [-0.3, -0.25) is 4.79 Å². The van der Waals surface area contributed by atoms with Gasteiger partial charge in [-0.05, 0) is 46.7 Å². The van der Waals surface area contributed by atoms with Crippen LogP contribution < -0.4 is 0 Å². The minimum Gasteiger partial charge on any atom is -0.508 e. The number of aromatic hydroxyl groups is 2. The number of phenols is 2. The van der Waals surface area contributed by atoms with Crippen LogP contribution in [0.2, 0.25) is 0 Å². The summed E-state index contributed by atoms with van der Waals surface area (Å²) in [6.45, 7) is 0. The van der Waals surface area contributed by atoms with E-state index in [9.17, 15) is 15.0 Å². The van der Waals surface area contributed by atoms with Crippen molar-refractivity contribution in [3.05, 3.63) is 52.2 Å². The molecule has 0 aliphatic heterocycles. The molecule has 0 bridgehead atoms. The van der Waals surface area contributed by atoms with Crippen molar-refractivity contribution >= 4 is 23.2 Å². The van der Waals surface area contributed by atoms with Gasteiger partial charge in [0.15, 0.2) is 5.78 Å². The Balaban J connectivity index is 2.23. The van der Waals surface area contributed by atoms with E-state index in [2.05, 4.69) is 0 Å². The monoisotopic (exact) mass is 246 g/mol. The predicted octanol–water partition coefficient (Wildman–Crippen LogP) is 3.06. The summed E-state index contributed by atoms with van der Waals surface area (Å²) < 4.78 is 0. The first kappa shape index (κ1) is 11.4. The minimum absolute atomic E-state index is 0.0462. The van der Waals surface area contributed by atoms with Gasteiger partial charge in [0.05, 0.1) is 5.56 Å². The molecule has 0 spiro atoms. The predicted molar refractivity (Wildman–Crippen MR) is 67.5 cm³/mol. The number of rotatable bonds is 3. The van der Waals surface area contributed by atoms with E-state index in [1.165, 1.54) is 24.3 Å². The first-order chi connectivity index (χ1) is 8.16. The number of benzene rings is 1. The van der Waals surface area contributed by atoms with Crippen LogP contribution >= 0.6 is 11.3 Å². The molecule has 17 heavy (non-hydrogen) atoms. The van der Waals surface area contributed by atoms with E-state index in [-0.39, 0.29) is 22.8 Å². The number of allylic oxidation sites excluding steroid dienone is 1. The zero-order chi connectivity index (χ0) is 12.3. The van der Waals surface area contributed by atoms with Crippen LogP contribution in [-0.2, 0) is 0 Å². The Morgan fingerprint density at radius 1 is 1.24 bits per heavy atom. The molecule has 1 heterocycles. The van der Waals surface area contributed by atoms with E-state index in [1.807, 2.05) is 16.8 Å². The van der Waals surface area contributed by atoms with Gasteiger partial charge in [0.25, 0.3) is 0 Å². The number of carbonyl (C=O) groups is 1. The highest BCUT2D eigenvalue weighted by molar-refractivity contribution is 7.08. The summed E-state index contributed by atoms with van der Waals surface area (Å²) in [4.78, 5) is 11.8. The van der Waals surface area contributed by atoms with E-state index in [1.54, 1.807) is 17.4 Å². The molecule has 4 heteroatoms. The second-order valence-corrected chi connectivity index (χ2v) is 4.24. The molecule has 2 N–H and O–H groups in total. The summed E-state index contributed by atoms with van der Waals surface area (Å²) >= 11 is 1.54. The van der Waals surface area contributed by atoms with Crippen molar-refractivity contribution in [3.8, 4) is 11.5 Å². The molecule has 3 nitrogen and oxygen atoms in total.